The molecule has 0 radical (unpaired) electrons. The predicted molar refractivity (Wildman–Crippen MR) is 70.1 cm³/mol. The first-order chi connectivity index (χ1) is 10.3. The molecule has 4 nitrogen and oxygen atoms in total. The number of carbonyl (C=O) groups is 1. The van der Waals surface area contributed by atoms with Crippen molar-refractivity contribution in [3.8, 4) is 0 Å². The molecule has 0 saturated carbocycles. The molecule has 1 aliphatic heterocycles. The number of nitrogens with one attached hydrogen (secondary N) is 1. The van der Waals surface area contributed by atoms with Gasteiger partial charge in [0.05, 0.1) is 25.3 Å². The van der Waals surface area contributed by atoms with Crippen LogP contribution in [0.15, 0.2) is 6.07 Å². The van der Waals surface area contributed by atoms with Gasteiger partial charge in [-0.25, -0.2) is 22.4 Å². The molecule has 1 fully saturated rings. The normalized spacial score (nSPS) is 21.8. The third-order valence-electron chi connectivity index (χ3n) is 3.76. The van der Waals surface area contributed by atoms with Gasteiger partial charge in [0.15, 0.2) is 23.3 Å². The first kappa shape index (κ1) is 16.5. The van der Waals surface area contributed by atoms with Crippen molar-refractivity contribution in [1.82, 2.24) is 10.2 Å². The molecule has 1 aromatic rings. The van der Waals surface area contributed by atoms with Crippen molar-refractivity contribution < 1.29 is 27.1 Å². The molecule has 1 aliphatic rings. The second-order valence-electron chi connectivity index (χ2n) is 5.12. The Morgan fingerprint density at radius 3 is 2.45 bits per heavy atom. The fourth-order valence-electron chi connectivity index (χ4n) is 2.26. The van der Waals surface area contributed by atoms with Gasteiger partial charge in [-0.2, -0.15) is 0 Å². The number of rotatable bonds is 2. The largest absolute Gasteiger partial charge is 0.375 e. The van der Waals surface area contributed by atoms with Gasteiger partial charge in [-0.05, 0) is 13.8 Å². The third-order valence-corrected chi connectivity index (χ3v) is 3.76. The summed E-state index contributed by atoms with van der Waals surface area (Å²) in [5.74, 6) is -6.03. The molecular weight excluding hydrogens is 304 g/mol. The average molecular weight is 320 g/mol. The maximum atomic E-state index is 13.5. The molecule has 1 heterocycles. The Balaban J connectivity index is 2.09. The van der Waals surface area contributed by atoms with Crippen molar-refractivity contribution in [1.29, 1.82) is 0 Å². The van der Waals surface area contributed by atoms with Crippen molar-refractivity contribution in [2.45, 2.75) is 32.5 Å². The van der Waals surface area contributed by atoms with Gasteiger partial charge in [-0.3, -0.25) is 0 Å². The standard InChI is InChI=1S/C14H16F4N2O2/c1-7-8(2)22-4-3-20(7)14(21)19-6-9-12(17)10(15)5-11(16)13(9)18/h5,7-8H,3-4,6H2,1-2H3,(H,19,21)/t7-,8+/m1/s1. The molecule has 1 saturated heterocycles. The molecule has 0 aliphatic carbocycles. The number of halogens is 4. The first-order valence-electron chi connectivity index (χ1n) is 6.80. The van der Waals surface area contributed by atoms with E-state index in [4.69, 9.17) is 4.74 Å². The first-order valence-corrected chi connectivity index (χ1v) is 6.80. The molecular formula is C14H16F4N2O2. The summed E-state index contributed by atoms with van der Waals surface area (Å²) in [6.45, 7) is 3.58. The molecule has 0 unspecified atom stereocenters. The summed E-state index contributed by atoms with van der Waals surface area (Å²) in [6.07, 6.45) is -0.181. The third kappa shape index (κ3) is 3.16. The van der Waals surface area contributed by atoms with Gasteiger partial charge in [-0.1, -0.05) is 0 Å². The van der Waals surface area contributed by atoms with E-state index in [0.29, 0.717) is 13.2 Å². The quantitative estimate of drug-likeness (QED) is 0.672. The Labute approximate surface area is 125 Å². The highest BCUT2D eigenvalue weighted by molar-refractivity contribution is 5.74. The van der Waals surface area contributed by atoms with Crippen LogP contribution < -0.4 is 5.32 Å². The average Bonchev–Trinajstić information content (AvgIpc) is 2.48. The predicted octanol–water partition coefficient (Wildman–Crippen LogP) is 2.56. The maximum Gasteiger partial charge on any atom is 0.318 e. The maximum absolute atomic E-state index is 13.5. The number of morpholine rings is 1. The van der Waals surface area contributed by atoms with Gasteiger partial charge in [-0.15, -0.1) is 0 Å². The van der Waals surface area contributed by atoms with Crippen LogP contribution in [0, 0.1) is 23.3 Å². The van der Waals surface area contributed by atoms with E-state index in [9.17, 15) is 22.4 Å². The van der Waals surface area contributed by atoms with E-state index >= 15 is 0 Å². The fourth-order valence-corrected chi connectivity index (χ4v) is 2.26. The zero-order valence-corrected chi connectivity index (χ0v) is 12.1. The Hall–Kier alpha value is -1.83. The number of nitrogens with zero attached hydrogens (tertiary/aromatic N) is 1. The summed E-state index contributed by atoms with van der Waals surface area (Å²) < 4.78 is 58.6. The summed E-state index contributed by atoms with van der Waals surface area (Å²) in [7, 11) is 0. The van der Waals surface area contributed by atoms with Crippen molar-refractivity contribution in [2.24, 2.45) is 0 Å². The molecule has 22 heavy (non-hydrogen) atoms. The van der Waals surface area contributed by atoms with Gasteiger partial charge in [0.2, 0.25) is 0 Å². The molecule has 1 N–H and O–H groups in total. The van der Waals surface area contributed by atoms with Crippen molar-refractivity contribution in [2.75, 3.05) is 13.2 Å². The number of hydrogen-bond donors (Lipinski definition) is 1. The van der Waals surface area contributed by atoms with Gasteiger partial charge < -0.3 is 15.0 Å². The van der Waals surface area contributed by atoms with Crippen LogP contribution in [0.5, 0.6) is 0 Å². The molecule has 0 aromatic heterocycles. The van der Waals surface area contributed by atoms with Crippen LogP contribution >= 0.6 is 0 Å². The molecule has 1 aromatic carbocycles. The Bertz CT molecular complexity index is 556. The van der Waals surface area contributed by atoms with Crippen LogP contribution in [0.1, 0.15) is 19.4 Å². The van der Waals surface area contributed by atoms with E-state index in [1.165, 1.54) is 4.90 Å². The smallest absolute Gasteiger partial charge is 0.318 e. The molecule has 8 heteroatoms. The number of urea groups is 1. The molecule has 2 rings (SSSR count). The minimum absolute atomic E-state index is 0.127. The second-order valence-corrected chi connectivity index (χ2v) is 5.12. The van der Waals surface area contributed by atoms with Gasteiger partial charge in [0.25, 0.3) is 0 Å². The van der Waals surface area contributed by atoms with Crippen LogP contribution in [0.3, 0.4) is 0 Å². The number of hydrogen-bond acceptors (Lipinski definition) is 2. The highest BCUT2D eigenvalue weighted by Crippen LogP contribution is 2.19. The number of benzene rings is 1. The highest BCUT2D eigenvalue weighted by Gasteiger charge is 2.29. The van der Waals surface area contributed by atoms with E-state index in [0.717, 1.165) is 0 Å². The fraction of sp³-hybridized carbons (Fsp3) is 0.500. The molecule has 122 valence electrons. The molecule has 0 bridgehead atoms. The number of amides is 2. The van der Waals surface area contributed by atoms with Crippen molar-refractivity contribution in [3.05, 3.63) is 34.9 Å². The Morgan fingerprint density at radius 2 is 1.86 bits per heavy atom. The molecule has 0 spiro atoms. The second kappa shape index (κ2) is 6.51. The van der Waals surface area contributed by atoms with Crippen LogP contribution in [-0.4, -0.2) is 36.2 Å². The highest BCUT2D eigenvalue weighted by atomic mass is 19.2. The van der Waals surface area contributed by atoms with E-state index in [1.807, 2.05) is 0 Å². The Kier molecular flexibility index (Phi) is 4.90. The Morgan fingerprint density at radius 1 is 1.27 bits per heavy atom. The summed E-state index contributed by atoms with van der Waals surface area (Å²) >= 11 is 0. The van der Waals surface area contributed by atoms with Crippen LogP contribution in [0.4, 0.5) is 22.4 Å². The van der Waals surface area contributed by atoms with Gasteiger partial charge in [0, 0.05) is 18.2 Å². The van der Waals surface area contributed by atoms with Crippen LogP contribution in [0.2, 0.25) is 0 Å². The number of ether oxygens (including phenoxy) is 1. The summed E-state index contributed by atoms with van der Waals surface area (Å²) in [5.41, 5.74) is -0.847. The lowest BCUT2D eigenvalue weighted by atomic mass is 10.1. The lowest BCUT2D eigenvalue weighted by Crippen LogP contribution is -2.54. The van der Waals surface area contributed by atoms with Gasteiger partial charge >= 0.3 is 6.03 Å². The lowest BCUT2D eigenvalue weighted by molar-refractivity contribution is -0.0376. The van der Waals surface area contributed by atoms with Gasteiger partial charge in [0.1, 0.15) is 0 Å². The lowest BCUT2D eigenvalue weighted by Gasteiger charge is -2.37. The zero-order valence-electron chi connectivity index (χ0n) is 12.1. The van der Waals surface area contributed by atoms with Crippen molar-refractivity contribution >= 4 is 6.03 Å². The van der Waals surface area contributed by atoms with Crippen molar-refractivity contribution in [3.63, 3.8) is 0 Å². The minimum Gasteiger partial charge on any atom is -0.375 e. The van der Waals surface area contributed by atoms with Crippen LogP contribution in [0.25, 0.3) is 0 Å². The van der Waals surface area contributed by atoms with E-state index in [1.54, 1.807) is 13.8 Å². The molecule has 2 amide bonds. The van der Waals surface area contributed by atoms with Crippen LogP contribution in [-0.2, 0) is 11.3 Å². The minimum atomic E-state index is -1.51. The summed E-state index contributed by atoms with van der Waals surface area (Å²) in [4.78, 5) is 13.5. The number of carbonyl (C=O) groups excluding carboxylic acids is 1. The van der Waals surface area contributed by atoms with E-state index in [-0.39, 0.29) is 18.2 Å². The topological polar surface area (TPSA) is 41.6 Å². The zero-order chi connectivity index (χ0) is 16.4. The molecule has 2 atom stereocenters. The SMILES string of the molecule is C[C@@H]1OCCN(C(=O)NCc2c(F)c(F)cc(F)c2F)[C@@H]1C. The van der Waals surface area contributed by atoms with E-state index in [2.05, 4.69) is 5.32 Å². The summed E-state index contributed by atoms with van der Waals surface area (Å²) in [6, 6.07) is -0.680. The summed E-state index contributed by atoms with van der Waals surface area (Å²) in [5, 5.41) is 2.27. The van der Waals surface area contributed by atoms with E-state index < -0.39 is 41.4 Å². The monoisotopic (exact) mass is 320 g/mol.